The number of pyridine rings is 1. The molecule has 2 bridgehead atoms. The highest BCUT2D eigenvalue weighted by Gasteiger charge is 2.40. The fraction of sp³-hybridized carbons (Fsp3) is 0.550. The van der Waals surface area contributed by atoms with Gasteiger partial charge in [-0.25, -0.2) is 0 Å². The number of nitrogens with one attached hydrogen (secondary N) is 2. The van der Waals surface area contributed by atoms with Crippen LogP contribution in [0.4, 0.5) is 5.00 Å². The molecule has 0 aliphatic carbocycles. The van der Waals surface area contributed by atoms with Crippen molar-refractivity contribution in [2.24, 2.45) is 5.92 Å². The topological polar surface area (TPSA) is 77.6 Å². The van der Waals surface area contributed by atoms with Crippen molar-refractivity contribution in [3.63, 3.8) is 0 Å². The van der Waals surface area contributed by atoms with E-state index in [2.05, 4.69) is 38.4 Å². The molecular weight excluding hydrogens is 374 g/mol. The van der Waals surface area contributed by atoms with E-state index >= 15 is 0 Å². The van der Waals surface area contributed by atoms with Crippen LogP contribution in [0.25, 0.3) is 10.1 Å². The molecule has 6 rings (SSSR count). The molecule has 6 heterocycles. The van der Waals surface area contributed by atoms with Crippen LogP contribution in [0.3, 0.4) is 0 Å². The van der Waals surface area contributed by atoms with Crippen molar-refractivity contribution in [2.75, 3.05) is 37.6 Å². The minimum Gasteiger partial charge on any atom is -0.353 e. The summed E-state index contributed by atoms with van der Waals surface area (Å²) < 4.78 is 1.03. The number of hydrogen-bond acceptors (Lipinski definition) is 6. The fourth-order valence-electron chi connectivity index (χ4n) is 4.80. The van der Waals surface area contributed by atoms with E-state index in [4.69, 9.17) is 0 Å². The molecule has 2 atom stereocenters. The third kappa shape index (κ3) is 3.14. The van der Waals surface area contributed by atoms with Gasteiger partial charge in [-0.3, -0.25) is 19.5 Å². The number of nitrogens with zero attached hydrogens (tertiary/aromatic N) is 3. The first-order valence-electron chi connectivity index (χ1n) is 10.0. The van der Waals surface area contributed by atoms with Crippen LogP contribution in [-0.2, 0) is 4.79 Å². The van der Waals surface area contributed by atoms with Gasteiger partial charge in [0.15, 0.2) is 0 Å². The molecule has 0 saturated carbocycles. The lowest BCUT2D eigenvalue weighted by molar-refractivity contribution is -0.120. The molecule has 8 heteroatoms. The second-order valence-electron chi connectivity index (χ2n) is 8.08. The summed E-state index contributed by atoms with van der Waals surface area (Å²) in [5.74, 6) is 0.541. The maximum atomic E-state index is 12.9. The number of thiophene rings is 1. The molecule has 0 spiro atoms. The molecule has 28 heavy (non-hydrogen) atoms. The van der Waals surface area contributed by atoms with Crippen LogP contribution in [0.2, 0.25) is 0 Å². The molecule has 2 aromatic heterocycles. The zero-order valence-corrected chi connectivity index (χ0v) is 16.8. The Morgan fingerprint density at radius 2 is 2.11 bits per heavy atom. The molecule has 0 aromatic carbocycles. The van der Waals surface area contributed by atoms with E-state index < -0.39 is 0 Å². The van der Waals surface area contributed by atoms with Crippen molar-refractivity contribution in [3.05, 3.63) is 24.0 Å². The number of aromatic nitrogens is 1. The lowest BCUT2D eigenvalue weighted by Gasteiger charge is -2.49. The molecule has 4 aliphatic heterocycles. The minimum absolute atomic E-state index is 0.0496. The Hall–Kier alpha value is -2.19. The molecule has 2 amide bonds. The number of amides is 2. The van der Waals surface area contributed by atoms with E-state index in [1.165, 1.54) is 12.8 Å². The zero-order valence-electron chi connectivity index (χ0n) is 16.0. The average molecular weight is 400 g/mol. The Morgan fingerprint density at radius 3 is 2.86 bits per heavy atom. The van der Waals surface area contributed by atoms with E-state index in [1.54, 1.807) is 17.5 Å². The maximum absolute atomic E-state index is 12.9. The number of anilines is 1. The average Bonchev–Trinajstić information content (AvgIpc) is 3.14. The monoisotopic (exact) mass is 399 g/mol. The van der Waals surface area contributed by atoms with Crippen molar-refractivity contribution < 1.29 is 9.59 Å². The van der Waals surface area contributed by atoms with Crippen molar-refractivity contribution in [1.82, 2.24) is 20.5 Å². The van der Waals surface area contributed by atoms with Crippen LogP contribution < -0.4 is 15.5 Å². The lowest BCUT2D eigenvalue weighted by atomic mass is 9.79. The summed E-state index contributed by atoms with van der Waals surface area (Å²) in [6, 6.07) is 4.54. The standard InChI is InChI=1S/C20H25N5O2S/c1-12-19(13-2-5-24(12)6-3-13)23-20(27)15-9-16-14(10-22-15)8-18(28-16)25-7-4-21-17(26)11-25/h8-10,12-13,19H,2-7,11H2,1H3,(H,21,26)(H,23,27). The normalized spacial score (nSPS) is 29.8. The molecule has 4 aliphatic rings. The number of rotatable bonds is 3. The van der Waals surface area contributed by atoms with Gasteiger partial charge < -0.3 is 15.5 Å². The van der Waals surface area contributed by atoms with Crippen molar-refractivity contribution in [3.8, 4) is 0 Å². The van der Waals surface area contributed by atoms with Gasteiger partial charge in [0, 0.05) is 41.5 Å². The maximum Gasteiger partial charge on any atom is 0.270 e. The summed E-state index contributed by atoms with van der Waals surface area (Å²) in [6.07, 6.45) is 4.10. The van der Waals surface area contributed by atoms with E-state index in [0.717, 1.165) is 34.7 Å². The van der Waals surface area contributed by atoms with Crippen LogP contribution in [0.1, 0.15) is 30.3 Å². The molecule has 0 radical (unpaired) electrons. The van der Waals surface area contributed by atoms with Crippen molar-refractivity contribution in [2.45, 2.75) is 31.8 Å². The molecule has 4 saturated heterocycles. The van der Waals surface area contributed by atoms with Gasteiger partial charge in [0.2, 0.25) is 5.91 Å². The van der Waals surface area contributed by atoms with Gasteiger partial charge in [-0.1, -0.05) is 0 Å². The molecule has 148 valence electrons. The Labute approximate surface area is 168 Å². The van der Waals surface area contributed by atoms with Crippen molar-refractivity contribution in [1.29, 1.82) is 0 Å². The van der Waals surface area contributed by atoms with Gasteiger partial charge >= 0.3 is 0 Å². The molecule has 2 aromatic rings. The Balaban J connectivity index is 1.34. The summed E-state index contributed by atoms with van der Waals surface area (Å²) in [7, 11) is 0. The van der Waals surface area contributed by atoms with Gasteiger partial charge in [-0.15, -0.1) is 11.3 Å². The summed E-state index contributed by atoms with van der Waals surface area (Å²) in [5, 5.41) is 8.17. The summed E-state index contributed by atoms with van der Waals surface area (Å²) >= 11 is 1.61. The number of piperidine rings is 3. The Kier molecular flexibility index (Phi) is 4.47. The summed E-state index contributed by atoms with van der Waals surface area (Å²) in [6.45, 7) is 6.36. The highest BCUT2D eigenvalue weighted by molar-refractivity contribution is 7.22. The van der Waals surface area contributed by atoms with Crippen LogP contribution >= 0.6 is 11.3 Å². The van der Waals surface area contributed by atoms with E-state index in [-0.39, 0.29) is 17.9 Å². The highest BCUT2D eigenvalue weighted by Crippen LogP contribution is 2.34. The largest absolute Gasteiger partial charge is 0.353 e. The molecular formula is C20H25N5O2S. The number of hydrogen-bond donors (Lipinski definition) is 2. The van der Waals surface area contributed by atoms with E-state index in [9.17, 15) is 9.59 Å². The van der Waals surface area contributed by atoms with Gasteiger partial charge in [0.25, 0.3) is 5.91 Å². The SMILES string of the molecule is CC1C(NC(=O)c2cc3sc(N4CCNC(=O)C4)cc3cn2)C2CCN1CC2. The quantitative estimate of drug-likeness (QED) is 0.817. The van der Waals surface area contributed by atoms with Gasteiger partial charge in [-0.05, 0) is 50.9 Å². The lowest BCUT2D eigenvalue weighted by Crippen LogP contribution is -2.62. The third-order valence-electron chi connectivity index (χ3n) is 6.45. The summed E-state index contributed by atoms with van der Waals surface area (Å²) in [4.78, 5) is 33.5. The third-order valence-corrected chi connectivity index (χ3v) is 7.61. The van der Waals surface area contributed by atoms with Gasteiger partial charge in [0.05, 0.1) is 11.5 Å². The van der Waals surface area contributed by atoms with Crippen LogP contribution in [0, 0.1) is 5.92 Å². The smallest absolute Gasteiger partial charge is 0.270 e. The van der Waals surface area contributed by atoms with Crippen molar-refractivity contribution >= 4 is 38.2 Å². The van der Waals surface area contributed by atoms with Crippen LogP contribution in [0.5, 0.6) is 0 Å². The van der Waals surface area contributed by atoms with Crippen LogP contribution in [0.15, 0.2) is 18.3 Å². The second-order valence-corrected chi connectivity index (χ2v) is 9.14. The number of fused-ring (bicyclic) bond motifs is 4. The van der Waals surface area contributed by atoms with E-state index in [0.29, 0.717) is 30.7 Å². The summed E-state index contributed by atoms with van der Waals surface area (Å²) in [5.41, 5.74) is 0.473. The highest BCUT2D eigenvalue weighted by atomic mass is 32.1. The van der Waals surface area contributed by atoms with Crippen LogP contribution in [-0.4, -0.2) is 66.5 Å². The Bertz CT molecular complexity index is 918. The number of carbonyl (C=O) groups is 2. The van der Waals surface area contributed by atoms with Gasteiger partial charge in [-0.2, -0.15) is 0 Å². The predicted molar refractivity (Wildman–Crippen MR) is 110 cm³/mol. The number of piperazine rings is 1. The van der Waals surface area contributed by atoms with E-state index in [1.807, 2.05) is 6.07 Å². The fourth-order valence-corrected chi connectivity index (χ4v) is 5.89. The van der Waals surface area contributed by atoms with Gasteiger partial charge in [0.1, 0.15) is 5.69 Å². The molecule has 2 N–H and O–H groups in total. The predicted octanol–water partition coefficient (Wildman–Crippen LogP) is 1.44. The first-order chi connectivity index (χ1) is 13.6. The number of carbonyl (C=O) groups excluding carboxylic acids is 2. The molecule has 7 nitrogen and oxygen atoms in total. The molecule has 2 unspecified atom stereocenters. The molecule has 4 fully saturated rings. The Morgan fingerprint density at radius 1 is 1.29 bits per heavy atom. The first kappa shape index (κ1) is 17.9. The minimum atomic E-state index is -0.0835. The zero-order chi connectivity index (χ0) is 19.3. The first-order valence-corrected chi connectivity index (χ1v) is 10.9. The second kappa shape index (κ2) is 7.00.